The highest BCUT2D eigenvalue weighted by atomic mass is 19.1. The zero-order chi connectivity index (χ0) is 24.1. The van der Waals surface area contributed by atoms with Crippen molar-refractivity contribution >= 4 is 28.3 Å². The minimum absolute atomic E-state index is 0.0392. The molecule has 0 saturated heterocycles. The third-order valence-corrected chi connectivity index (χ3v) is 4.74. The van der Waals surface area contributed by atoms with Gasteiger partial charge in [0.25, 0.3) is 5.91 Å². The second kappa shape index (κ2) is 10.2. The lowest BCUT2D eigenvalue weighted by Gasteiger charge is -2.13. The van der Waals surface area contributed by atoms with E-state index in [2.05, 4.69) is 30.8 Å². The number of nitrogens with one attached hydrogen (secondary N) is 3. The molecule has 2 aromatic carbocycles. The Morgan fingerprint density at radius 2 is 2.00 bits per heavy atom. The number of anilines is 2. The highest BCUT2D eigenvalue weighted by molar-refractivity contribution is 5.93. The van der Waals surface area contributed by atoms with Gasteiger partial charge < -0.3 is 20.1 Å². The van der Waals surface area contributed by atoms with Crippen LogP contribution < -0.4 is 20.1 Å². The van der Waals surface area contributed by atoms with Crippen LogP contribution in [0.3, 0.4) is 0 Å². The highest BCUT2D eigenvalue weighted by Gasteiger charge is 2.15. The average molecular weight is 465 g/mol. The van der Waals surface area contributed by atoms with Crippen molar-refractivity contribution in [3.8, 4) is 22.9 Å². The predicted molar refractivity (Wildman–Crippen MR) is 127 cm³/mol. The van der Waals surface area contributed by atoms with E-state index in [1.165, 1.54) is 12.1 Å². The van der Waals surface area contributed by atoms with Crippen molar-refractivity contribution in [2.45, 2.75) is 26.8 Å². The molecule has 0 atom stereocenters. The van der Waals surface area contributed by atoms with Gasteiger partial charge in [-0.2, -0.15) is 5.10 Å². The summed E-state index contributed by atoms with van der Waals surface area (Å²) in [5.41, 5.74) is 1.92. The molecule has 176 valence electrons. The fourth-order valence-electron chi connectivity index (χ4n) is 3.30. The molecule has 0 fully saturated rings. The maximum atomic E-state index is 14.4. The summed E-state index contributed by atoms with van der Waals surface area (Å²) in [6, 6.07) is 9.79. The normalized spacial score (nSPS) is 11.0. The van der Waals surface area contributed by atoms with E-state index in [0.717, 1.165) is 5.39 Å². The van der Waals surface area contributed by atoms with E-state index in [4.69, 9.17) is 9.47 Å². The molecule has 1 amide bonds. The number of H-pyrrole nitrogens is 1. The summed E-state index contributed by atoms with van der Waals surface area (Å²) < 4.78 is 25.4. The Hall–Kier alpha value is -4.21. The third kappa shape index (κ3) is 5.40. The monoisotopic (exact) mass is 464 g/mol. The van der Waals surface area contributed by atoms with Crippen molar-refractivity contribution in [1.29, 1.82) is 0 Å². The Morgan fingerprint density at radius 1 is 1.15 bits per heavy atom. The molecule has 34 heavy (non-hydrogen) atoms. The van der Waals surface area contributed by atoms with Gasteiger partial charge in [-0.15, -0.1) is 0 Å². The van der Waals surface area contributed by atoms with Gasteiger partial charge >= 0.3 is 0 Å². The molecule has 10 heteroatoms. The number of halogens is 1. The number of aromatic nitrogens is 4. The first kappa shape index (κ1) is 23.0. The Balaban J connectivity index is 1.71. The molecule has 2 aromatic heterocycles. The van der Waals surface area contributed by atoms with E-state index in [1.807, 2.05) is 39.0 Å². The average Bonchev–Trinajstić information content (AvgIpc) is 3.31. The number of carbonyl (C=O) groups excluding carboxylic acids is 1. The number of hydrogen-bond acceptors (Lipinski definition) is 7. The topological polar surface area (TPSA) is 114 Å². The maximum absolute atomic E-state index is 14.4. The Morgan fingerprint density at radius 3 is 2.74 bits per heavy atom. The maximum Gasteiger partial charge on any atom is 0.258 e. The quantitative estimate of drug-likeness (QED) is 0.340. The number of hydrogen-bond donors (Lipinski definition) is 3. The first-order chi connectivity index (χ1) is 16.4. The summed E-state index contributed by atoms with van der Waals surface area (Å²) in [6.07, 6.45) is 3.33. The van der Waals surface area contributed by atoms with Crippen LogP contribution in [0.1, 0.15) is 20.8 Å². The van der Waals surface area contributed by atoms with Crippen molar-refractivity contribution in [2.24, 2.45) is 0 Å². The molecule has 3 N–H and O–H groups in total. The number of benzene rings is 2. The minimum atomic E-state index is -0.583. The molecule has 0 spiro atoms. The second-order valence-corrected chi connectivity index (χ2v) is 7.78. The van der Waals surface area contributed by atoms with Crippen LogP contribution in [0, 0.1) is 5.82 Å². The van der Waals surface area contributed by atoms with Crippen molar-refractivity contribution in [3.05, 3.63) is 54.6 Å². The summed E-state index contributed by atoms with van der Waals surface area (Å²) in [6.45, 7) is 5.81. The molecule has 0 bridgehead atoms. The molecule has 0 radical (unpaired) electrons. The van der Waals surface area contributed by atoms with E-state index in [9.17, 15) is 9.18 Å². The van der Waals surface area contributed by atoms with Gasteiger partial charge in [0.15, 0.2) is 24.0 Å². The van der Waals surface area contributed by atoms with Gasteiger partial charge in [0, 0.05) is 23.2 Å². The van der Waals surface area contributed by atoms with Gasteiger partial charge in [-0.1, -0.05) is 0 Å². The summed E-state index contributed by atoms with van der Waals surface area (Å²) in [7, 11) is 0. The minimum Gasteiger partial charge on any atom is -0.494 e. The Labute approximate surface area is 195 Å². The zero-order valence-electron chi connectivity index (χ0n) is 19.1. The van der Waals surface area contributed by atoms with Crippen LogP contribution in [0.2, 0.25) is 0 Å². The van der Waals surface area contributed by atoms with E-state index in [-0.39, 0.29) is 24.3 Å². The summed E-state index contributed by atoms with van der Waals surface area (Å²) >= 11 is 0. The first-order valence-electron chi connectivity index (χ1n) is 10.9. The third-order valence-electron chi connectivity index (χ3n) is 4.74. The molecule has 0 aliphatic heterocycles. The molecule has 0 unspecified atom stereocenters. The molecule has 0 saturated carbocycles. The number of nitrogens with zero attached hydrogens (tertiary/aromatic N) is 3. The van der Waals surface area contributed by atoms with E-state index >= 15 is 0 Å². The molecule has 4 aromatic rings. The van der Waals surface area contributed by atoms with Gasteiger partial charge in [-0.3, -0.25) is 9.89 Å². The largest absolute Gasteiger partial charge is 0.494 e. The summed E-state index contributed by atoms with van der Waals surface area (Å²) in [5.74, 6) is 0.610. The van der Waals surface area contributed by atoms with Crippen molar-refractivity contribution in [3.63, 3.8) is 0 Å². The van der Waals surface area contributed by atoms with Crippen LogP contribution in [0.25, 0.3) is 22.3 Å². The van der Waals surface area contributed by atoms with E-state index in [1.54, 1.807) is 18.5 Å². The lowest BCUT2D eigenvalue weighted by molar-refractivity contribution is -0.123. The van der Waals surface area contributed by atoms with E-state index < -0.39 is 5.82 Å². The highest BCUT2D eigenvalue weighted by Crippen LogP contribution is 2.31. The smallest absolute Gasteiger partial charge is 0.258 e. The number of amides is 1. The fraction of sp³-hybridized carbons (Fsp3) is 0.250. The van der Waals surface area contributed by atoms with Gasteiger partial charge in [0.05, 0.1) is 24.0 Å². The summed E-state index contributed by atoms with van der Waals surface area (Å²) in [5, 5.41) is 13.4. The number of rotatable bonds is 9. The lowest BCUT2D eigenvalue weighted by atomic mass is 10.1. The van der Waals surface area contributed by atoms with Crippen LogP contribution in [0.15, 0.2) is 48.8 Å². The van der Waals surface area contributed by atoms with Crippen molar-refractivity contribution in [2.75, 3.05) is 18.5 Å². The van der Waals surface area contributed by atoms with Crippen LogP contribution in [-0.4, -0.2) is 45.3 Å². The molecule has 4 rings (SSSR count). The Bertz CT molecular complexity index is 1290. The first-order valence-corrected chi connectivity index (χ1v) is 10.9. The van der Waals surface area contributed by atoms with Gasteiger partial charge in [0.1, 0.15) is 11.6 Å². The Kier molecular flexibility index (Phi) is 6.86. The van der Waals surface area contributed by atoms with Crippen LogP contribution >= 0.6 is 0 Å². The predicted octanol–water partition coefficient (Wildman–Crippen LogP) is 4.20. The SMILES string of the molecule is CCOc1ccc2nc(-c3ccc(F)c(OCC(=O)NC(C)C)c3)nc(Nc3cn[nH]c3)c2c1. The van der Waals surface area contributed by atoms with Crippen molar-refractivity contribution in [1.82, 2.24) is 25.5 Å². The van der Waals surface area contributed by atoms with Crippen LogP contribution in [0.5, 0.6) is 11.5 Å². The van der Waals surface area contributed by atoms with Gasteiger partial charge in [-0.05, 0) is 57.2 Å². The van der Waals surface area contributed by atoms with Crippen LogP contribution in [-0.2, 0) is 4.79 Å². The van der Waals surface area contributed by atoms with E-state index in [0.29, 0.717) is 40.8 Å². The number of ether oxygens (including phenoxy) is 2. The number of carbonyl (C=O) groups is 1. The molecule has 0 aliphatic carbocycles. The second-order valence-electron chi connectivity index (χ2n) is 7.78. The molecular weight excluding hydrogens is 439 g/mol. The van der Waals surface area contributed by atoms with Crippen LogP contribution in [0.4, 0.5) is 15.9 Å². The molecule has 0 aliphatic rings. The molecule has 9 nitrogen and oxygen atoms in total. The zero-order valence-corrected chi connectivity index (χ0v) is 19.1. The lowest BCUT2D eigenvalue weighted by Crippen LogP contribution is -2.34. The fourth-order valence-corrected chi connectivity index (χ4v) is 3.30. The number of aromatic amines is 1. The summed E-state index contributed by atoms with van der Waals surface area (Å²) in [4.78, 5) is 21.2. The number of fused-ring (bicyclic) bond motifs is 1. The molecule has 2 heterocycles. The van der Waals surface area contributed by atoms with Gasteiger partial charge in [-0.25, -0.2) is 14.4 Å². The van der Waals surface area contributed by atoms with Crippen molar-refractivity contribution < 1.29 is 18.7 Å². The standard InChI is InChI=1S/C24H25FN6O3/c1-4-33-17-6-8-20-18(10-17)24(29-16-11-26-27-12-16)31-23(30-20)15-5-7-19(25)21(9-15)34-13-22(32)28-14(2)3/h5-12,14H,4,13H2,1-3H3,(H,26,27)(H,28,32)(H,29,30,31). The molecular formula is C24H25FN6O3. The van der Waals surface area contributed by atoms with Gasteiger partial charge in [0.2, 0.25) is 0 Å².